The monoisotopic (exact) mass is 287 g/mol. The maximum Gasteiger partial charge on any atom is 0.122 e. The molecule has 3 rings (SSSR count). The number of hydrogen-bond donors (Lipinski definition) is 1. The lowest BCUT2D eigenvalue weighted by atomic mass is 9.76. The summed E-state index contributed by atoms with van der Waals surface area (Å²) in [5.41, 5.74) is 2.87. The molecule has 1 atom stereocenters. The van der Waals surface area contributed by atoms with Crippen LogP contribution in [0, 0.1) is 11.8 Å². The quantitative estimate of drug-likeness (QED) is 0.861. The van der Waals surface area contributed by atoms with Crippen LogP contribution in [-0.4, -0.2) is 13.2 Å². The number of benzene rings is 1. The molecule has 116 valence electrons. The zero-order valence-corrected chi connectivity index (χ0v) is 13.5. The van der Waals surface area contributed by atoms with E-state index in [4.69, 9.17) is 4.74 Å². The Balaban J connectivity index is 1.75. The Morgan fingerprint density at radius 3 is 2.71 bits per heavy atom. The van der Waals surface area contributed by atoms with Crippen LogP contribution in [0.15, 0.2) is 18.2 Å². The topological polar surface area (TPSA) is 21.3 Å². The van der Waals surface area contributed by atoms with Crippen molar-refractivity contribution < 1.29 is 4.74 Å². The van der Waals surface area contributed by atoms with Crippen LogP contribution < -0.4 is 10.1 Å². The smallest absolute Gasteiger partial charge is 0.122 e. The molecule has 1 aliphatic heterocycles. The van der Waals surface area contributed by atoms with Crippen LogP contribution in [-0.2, 0) is 6.42 Å². The van der Waals surface area contributed by atoms with E-state index >= 15 is 0 Å². The molecule has 1 aliphatic carbocycles. The average Bonchev–Trinajstić information content (AvgIpc) is 3.00. The second-order valence-corrected chi connectivity index (χ2v) is 6.69. The van der Waals surface area contributed by atoms with E-state index < -0.39 is 0 Å². The molecule has 1 fully saturated rings. The Morgan fingerprint density at radius 2 is 2.00 bits per heavy atom. The predicted molar refractivity (Wildman–Crippen MR) is 87.8 cm³/mol. The lowest BCUT2D eigenvalue weighted by Crippen LogP contribution is -2.31. The van der Waals surface area contributed by atoms with Crippen molar-refractivity contribution in [2.24, 2.45) is 11.8 Å². The Kier molecular flexibility index (Phi) is 4.84. The fourth-order valence-electron chi connectivity index (χ4n) is 4.11. The molecule has 1 aromatic carbocycles. The number of ether oxygens (including phenoxy) is 1. The Hall–Kier alpha value is -1.02. The number of fused-ring (bicyclic) bond motifs is 1. The van der Waals surface area contributed by atoms with Crippen molar-refractivity contribution in [1.29, 1.82) is 0 Å². The third kappa shape index (κ3) is 3.26. The number of hydrogen-bond acceptors (Lipinski definition) is 2. The molecule has 0 radical (unpaired) electrons. The van der Waals surface area contributed by atoms with Gasteiger partial charge < -0.3 is 10.1 Å². The first-order valence-electron chi connectivity index (χ1n) is 8.80. The minimum atomic E-state index is 0.527. The third-order valence-electron chi connectivity index (χ3n) is 5.44. The summed E-state index contributed by atoms with van der Waals surface area (Å²) in [5.74, 6) is 2.87. The van der Waals surface area contributed by atoms with E-state index in [1.54, 1.807) is 0 Å². The second-order valence-electron chi connectivity index (χ2n) is 6.69. The van der Waals surface area contributed by atoms with E-state index in [2.05, 4.69) is 37.4 Å². The summed E-state index contributed by atoms with van der Waals surface area (Å²) >= 11 is 0. The highest BCUT2D eigenvalue weighted by atomic mass is 16.5. The molecule has 2 aliphatic rings. The highest BCUT2D eigenvalue weighted by Crippen LogP contribution is 2.39. The van der Waals surface area contributed by atoms with Crippen LogP contribution in [0.25, 0.3) is 0 Å². The van der Waals surface area contributed by atoms with E-state index in [0.29, 0.717) is 6.04 Å². The van der Waals surface area contributed by atoms with Crippen molar-refractivity contribution in [1.82, 2.24) is 5.32 Å². The fraction of sp³-hybridized carbons (Fsp3) is 0.684. The largest absolute Gasteiger partial charge is 0.493 e. The first-order valence-corrected chi connectivity index (χ1v) is 8.80. The molecule has 21 heavy (non-hydrogen) atoms. The summed E-state index contributed by atoms with van der Waals surface area (Å²) in [4.78, 5) is 0. The molecule has 2 nitrogen and oxygen atoms in total. The highest BCUT2D eigenvalue weighted by molar-refractivity contribution is 5.41. The van der Waals surface area contributed by atoms with Gasteiger partial charge in [0.2, 0.25) is 0 Å². The fourth-order valence-corrected chi connectivity index (χ4v) is 4.11. The van der Waals surface area contributed by atoms with Gasteiger partial charge in [-0.15, -0.1) is 0 Å². The summed E-state index contributed by atoms with van der Waals surface area (Å²) in [7, 11) is 0. The van der Waals surface area contributed by atoms with E-state index in [1.165, 1.54) is 43.2 Å². The van der Waals surface area contributed by atoms with Crippen molar-refractivity contribution in [2.45, 2.75) is 58.4 Å². The van der Waals surface area contributed by atoms with Gasteiger partial charge in [0.05, 0.1) is 6.61 Å². The molecule has 0 aromatic heterocycles. The molecule has 1 saturated carbocycles. The van der Waals surface area contributed by atoms with E-state index in [-0.39, 0.29) is 0 Å². The molecular formula is C19H29NO. The van der Waals surface area contributed by atoms with Gasteiger partial charge in [0.25, 0.3) is 0 Å². The van der Waals surface area contributed by atoms with Gasteiger partial charge in [-0.05, 0) is 48.4 Å². The number of nitrogens with one attached hydrogen (secondary N) is 1. The standard InChI is InChI=1S/C19H29NO/c1-3-14-5-7-15(8-6-14)19(20-4-2)17-9-10-18-16(13-17)11-12-21-18/h9-10,13-15,19-20H,3-8,11-12H2,1-2H3. The second kappa shape index (κ2) is 6.83. The van der Waals surface area contributed by atoms with E-state index in [0.717, 1.165) is 37.2 Å². The minimum Gasteiger partial charge on any atom is -0.493 e. The molecule has 1 heterocycles. The van der Waals surface area contributed by atoms with Gasteiger partial charge in [-0.1, -0.05) is 45.2 Å². The minimum absolute atomic E-state index is 0.527. The van der Waals surface area contributed by atoms with E-state index in [1.807, 2.05) is 0 Å². The molecule has 2 heteroatoms. The zero-order valence-electron chi connectivity index (χ0n) is 13.5. The molecule has 1 aromatic rings. The Morgan fingerprint density at radius 1 is 1.19 bits per heavy atom. The van der Waals surface area contributed by atoms with Crippen molar-refractivity contribution in [3.05, 3.63) is 29.3 Å². The van der Waals surface area contributed by atoms with Gasteiger partial charge in [0.15, 0.2) is 0 Å². The Labute approximate surface area is 129 Å². The van der Waals surface area contributed by atoms with Crippen LogP contribution in [0.1, 0.15) is 63.1 Å². The van der Waals surface area contributed by atoms with Crippen molar-refractivity contribution in [3.63, 3.8) is 0 Å². The molecule has 0 saturated heterocycles. The third-order valence-corrected chi connectivity index (χ3v) is 5.44. The van der Waals surface area contributed by atoms with Gasteiger partial charge >= 0.3 is 0 Å². The van der Waals surface area contributed by atoms with Gasteiger partial charge in [-0.25, -0.2) is 0 Å². The lowest BCUT2D eigenvalue weighted by molar-refractivity contribution is 0.220. The first kappa shape index (κ1) is 14.9. The van der Waals surface area contributed by atoms with Crippen LogP contribution in [0.4, 0.5) is 0 Å². The maximum atomic E-state index is 5.65. The highest BCUT2D eigenvalue weighted by Gasteiger charge is 2.28. The summed E-state index contributed by atoms with van der Waals surface area (Å²) < 4.78 is 5.65. The number of rotatable bonds is 5. The maximum absolute atomic E-state index is 5.65. The normalized spacial score (nSPS) is 26.2. The molecule has 0 amide bonds. The summed E-state index contributed by atoms with van der Waals surface area (Å²) in [6, 6.07) is 7.38. The van der Waals surface area contributed by atoms with Gasteiger partial charge in [0, 0.05) is 12.5 Å². The van der Waals surface area contributed by atoms with Gasteiger partial charge in [-0.2, -0.15) is 0 Å². The molecule has 0 bridgehead atoms. The first-order chi connectivity index (χ1) is 10.3. The predicted octanol–water partition coefficient (Wildman–Crippen LogP) is 4.49. The van der Waals surface area contributed by atoms with Crippen LogP contribution >= 0.6 is 0 Å². The van der Waals surface area contributed by atoms with E-state index in [9.17, 15) is 0 Å². The van der Waals surface area contributed by atoms with Crippen molar-refractivity contribution in [2.75, 3.05) is 13.2 Å². The SMILES string of the molecule is CCNC(c1ccc2c(c1)CCO2)C1CCC(CC)CC1. The molecule has 1 unspecified atom stereocenters. The van der Waals surface area contributed by atoms with Gasteiger partial charge in [-0.3, -0.25) is 0 Å². The Bertz CT molecular complexity index is 463. The average molecular weight is 287 g/mol. The summed E-state index contributed by atoms with van der Waals surface area (Å²) in [5, 5.41) is 3.75. The van der Waals surface area contributed by atoms with Crippen LogP contribution in [0.5, 0.6) is 5.75 Å². The van der Waals surface area contributed by atoms with Gasteiger partial charge in [0.1, 0.15) is 5.75 Å². The van der Waals surface area contributed by atoms with Crippen LogP contribution in [0.2, 0.25) is 0 Å². The van der Waals surface area contributed by atoms with Crippen molar-refractivity contribution >= 4 is 0 Å². The zero-order chi connectivity index (χ0) is 14.7. The summed E-state index contributed by atoms with van der Waals surface area (Å²) in [6.45, 7) is 6.46. The van der Waals surface area contributed by atoms with Crippen molar-refractivity contribution in [3.8, 4) is 5.75 Å². The molecular weight excluding hydrogens is 258 g/mol. The lowest BCUT2D eigenvalue weighted by Gasteiger charge is -2.34. The molecule has 0 spiro atoms. The molecule has 1 N–H and O–H groups in total. The van der Waals surface area contributed by atoms with Crippen LogP contribution in [0.3, 0.4) is 0 Å². The summed E-state index contributed by atoms with van der Waals surface area (Å²) in [6.07, 6.45) is 8.01.